The Morgan fingerprint density at radius 1 is 1.08 bits per heavy atom. The van der Waals surface area contributed by atoms with Crippen LogP contribution in [0.15, 0.2) is 42.5 Å². The largest absolute Gasteiger partial charge is 0.430 e. The summed E-state index contributed by atoms with van der Waals surface area (Å²) in [5.74, 6) is -1.33. The van der Waals surface area contributed by atoms with Crippen molar-refractivity contribution in [1.82, 2.24) is 10.2 Å². The molecule has 0 bridgehead atoms. The van der Waals surface area contributed by atoms with Gasteiger partial charge in [0.25, 0.3) is 17.4 Å². The third-order valence-corrected chi connectivity index (χ3v) is 7.22. The Kier molecular flexibility index (Phi) is 9.72. The normalized spacial score (nSPS) is 16.2. The third kappa shape index (κ3) is 6.89. The smallest absolute Gasteiger partial charge is 0.385 e. The van der Waals surface area contributed by atoms with Gasteiger partial charge in [-0.15, -0.1) is 0 Å². The Bertz CT molecular complexity index is 1110. The van der Waals surface area contributed by atoms with Crippen LogP contribution in [0.25, 0.3) is 0 Å². The van der Waals surface area contributed by atoms with Gasteiger partial charge in [-0.25, -0.2) is 0 Å². The summed E-state index contributed by atoms with van der Waals surface area (Å²) in [6, 6.07) is 9.83. The number of hydrogen-bond donors (Lipinski definition) is 3. The van der Waals surface area contributed by atoms with Crippen molar-refractivity contribution in [2.45, 2.75) is 43.9 Å². The molecule has 2 amide bonds. The van der Waals surface area contributed by atoms with Gasteiger partial charge in [0.15, 0.2) is 0 Å². The van der Waals surface area contributed by atoms with Gasteiger partial charge in [0.2, 0.25) is 0 Å². The average molecular weight is 560 g/mol. The van der Waals surface area contributed by atoms with E-state index in [1.54, 1.807) is 18.2 Å². The van der Waals surface area contributed by atoms with E-state index in [1.165, 1.54) is 19.2 Å². The number of carbonyl (C=O) groups is 2. The molecule has 1 aliphatic rings. The average Bonchev–Trinajstić information content (AvgIpc) is 2.87. The number of piperidine rings is 1. The molecule has 0 radical (unpaired) electrons. The number of likely N-dealkylation sites (tertiary alicyclic amines) is 1. The standard InChI is InChI=1S/C26H30Cl2F3N3O3/c1-32-23(35)21-9-8-20(16-22(21)28)33-12-3-2-5-17-10-13-34(14-11-17)24(36)25(37,26(29,30)31)18-6-4-7-19(27)15-18/h4,6-9,15-17,33,37H,2-3,5,10-14H2,1H3,(H,32,35). The van der Waals surface area contributed by atoms with Crippen LogP contribution in [0.4, 0.5) is 18.9 Å². The molecule has 202 valence electrons. The van der Waals surface area contributed by atoms with E-state index in [4.69, 9.17) is 23.2 Å². The molecule has 6 nitrogen and oxygen atoms in total. The van der Waals surface area contributed by atoms with Crippen LogP contribution in [0.3, 0.4) is 0 Å². The van der Waals surface area contributed by atoms with Crippen LogP contribution in [0.1, 0.15) is 48.0 Å². The Morgan fingerprint density at radius 2 is 1.78 bits per heavy atom. The van der Waals surface area contributed by atoms with Gasteiger partial charge in [0, 0.05) is 43.0 Å². The number of hydrogen-bond acceptors (Lipinski definition) is 4. The van der Waals surface area contributed by atoms with Crippen LogP contribution in [0.2, 0.25) is 10.0 Å². The van der Waals surface area contributed by atoms with E-state index >= 15 is 0 Å². The van der Waals surface area contributed by atoms with Gasteiger partial charge >= 0.3 is 6.18 Å². The van der Waals surface area contributed by atoms with Gasteiger partial charge < -0.3 is 20.6 Å². The van der Waals surface area contributed by atoms with Crippen molar-refractivity contribution in [3.63, 3.8) is 0 Å². The molecule has 1 aliphatic heterocycles. The summed E-state index contributed by atoms with van der Waals surface area (Å²) in [7, 11) is 1.54. The van der Waals surface area contributed by atoms with Crippen molar-refractivity contribution in [2.75, 3.05) is 32.0 Å². The summed E-state index contributed by atoms with van der Waals surface area (Å²) < 4.78 is 41.7. The third-order valence-electron chi connectivity index (χ3n) is 6.67. The van der Waals surface area contributed by atoms with Crippen molar-refractivity contribution >= 4 is 40.7 Å². The second-order valence-corrected chi connectivity index (χ2v) is 9.99. The highest BCUT2D eigenvalue weighted by atomic mass is 35.5. The highest BCUT2D eigenvalue weighted by molar-refractivity contribution is 6.34. The number of unbranched alkanes of at least 4 members (excludes halogenated alkanes) is 1. The first-order chi connectivity index (χ1) is 17.5. The van der Waals surface area contributed by atoms with Gasteiger partial charge in [0.05, 0.1) is 10.6 Å². The Balaban J connectivity index is 1.46. The predicted octanol–water partition coefficient (Wildman–Crippen LogP) is 5.62. The van der Waals surface area contributed by atoms with E-state index in [1.807, 2.05) is 0 Å². The number of aliphatic hydroxyl groups is 1. The summed E-state index contributed by atoms with van der Waals surface area (Å²) in [6.45, 7) is 0.999. The molecule has 37 heavy (non-hydrogen) atoms. The van der Waals surface area contributed by atoms with Crippen LogP contribution in [0, 0.1) is 5.92 Å². The molecule has 1 atom stereocenters. The quantitative estimate of drug-likeness (QED) is 0.348. The van der Waals surface area contributed by atoms with Crippen molar-refractivity contribution in [3.05, 3.63) is 63.6 Å². The SMILES string of the molecule is CNC(=O)c1ccc(NCCCCC2CCN(C(=O)C(O)(c3cccc(Cl)c3)C(F)(F)F)CC2)cc1Cl. The van der Waals surface area contributed by atoms with E-state index in [2.05, 4.69) is 10.6 Å². The van der Waals surface area contributed by atoms with Crippen LogP contribution in [-0.4, -0.2) is 54.7 Å². The molecular formula is C26H30Cl2F3N3O3. The molecule has 1 heterocycles. The number of anilines is 1. The molecule has 0 saturated carbocycles. The number of benzene rings is 2. The van der Waals surface area contributed by atoms with Gasteiger partial charge in [0.1, 0.15) is 0 Å². The molecule has 11 heteroatoms. The lowest BCUT2D eigenvalue weighted by Gasteiger charge is -2.38. The summed E-state index contributed by atoms with van der Waals surface area (Å²) in [5, 5.41) is 16.8. The molecule has 1 fully saturated rings. The van der Waals surface area contributed by atoms with Gasteiger partial charge in [-0.1, -0.05) is 48.2 Å². The van der Waals surface area contributed by atoms with Crippen molar-refractivity contribution in [2.24, 2.45) is 5.92 Å². The minimum absolute atomic E-state index is 0.00480. The molecule has 0 spiro atoms. The number of halogens is 5. The lowest BCUT2D eigenvalue weighted by atomic mass is 9.88. The van der Waals surface area contributed by atoms with E-state index in [0.717, 1.165) is 42.0 Å². The van der Waals surface area contributed by atoms with E-state index in [-0.39, 0.29) is 29.9 Å². The van der Waals surface area contributed by atoms with Crippen molar-refractivity contribution in [1.29, 1.82) is 0 Å². The first kappa shape index (κ1) is 29.1. The molecule has 0 aliphatic carbocycles. The Morgan fingerprint density at radius 3 is 2.38 bits per heavy atom. The monoisotopic (exact) mass is 559 g/mol. The van der Waals surface area contributed by atoms with Crippen LogP contribution in [0.5, 0.6) is 0 Å². The topological polar surface area (TPSA) is 81.7 Å². The lowest BCUT2D eigenvalue weighted by molar-refractivity contribution is -0.262. The summed E-state index contributed by atoms with van der Waals surface area (Å²) in [5.41, 5.74) is -3.02. The van der Waals surface area contributed by atoms with Gasteiger partial charge in [-0.3, -0.25) is 9.59 Å². The fourth-order valence-electron chi connectivity index (χ4n) is 4.51. The van der Waals surface area contributed by atoms with Gasteiger partial charge in [-0.05, 0) is 55.5 Å². The number of amides is 2. The van der Waals surface area contributed by atoms with E-state index in [9.17, 15) is 27.9 Å². The van der Waals surface area contributed by atoms with Crippen LogP contribution < -0.4 is 10.6 Å². The maximum Gasteiger partial charge on any atom is 0.430 e. The highest BCUT2D eigenvalue weighted by Crippen LogP contribution is 2.42. The molecule has 1 unspecified atom stereocenters. The zero-order valence-electron chi connectivity index (χ0n) is 20.4. The zero-order chi connectivity index (χ0) is 27.2. The lowest BCUT2D eigenvalue weighted by Crippen LogP contribution is -2.57. The van der Waals surface area contributed by atoms with Crippen molar-refractivity contribution < 1.29 is 27.9 Å². The Hall–Kier alpha value is -2.49. The Labute approximate surface area is 224 Å². The minimum atomic E-state index is -5.19. The van der Waals surface area contributed by atoms with Crippen LogP contribution in [-0.2, 0) is 10.4 Å². The number of nitrogens with one attached hydrogen (secondary N) is 2. The first-order valence-electron chi connectivity index (χ1n) is 12.1. The second kappa shape index (κ2) is 12.4. The summed E-state index contributed by atoms with van der Waals surface area (Å²) in [6.07, 6.45) is -1.39. The minimum Gasteiger partial charge on any atom is -0.385 e. The first-order valence-corrected chi connectivity index (χ1v) is 12.8. The summed E-state index contributed by atoms with van der Waals surface area (Å²) >= 11 is 12.0. The second-order valence-electron chi connectivity index (χ2n) is 9.15. The number of nitrogens with zero attached hydrogens (tertiary/aromatic N) is 1. The zero-order valence-corrected chi connectivity index (χ0v) is 21.9. The molecular weight excluding hydrogens is 530 g/mol. The molecule has 3 N–H and O–H groups in total. The molecule has 2 aromatic rings. The fourth-order valence-corrected chi connectivity index (χ4v) is 4.97. The maximum absolute atomic E-state index is 13.9. The van der Waals surface area contributed by atoms with Gasteiger partial charge in [-0.2, -0.15) is 13.2 Å². The van der Waals surface area contributed by atoms with E-state index in [0.29, 0.717) is 30.0 Å². The maximum atomic E-state index is 13.9. The van der Waals surface area contributed by atoms with E-state index < -0.39 is 23.2 Å². The number of carbonyl (C=O) groups excluding carboxylic acids is 2. The van der Waals surface area contributed by atoms with Crippen LogP contribution >= 0.6 is 23.2 Å². The fraction of sp³-hybridized carbons (Fsp3) is 0.462. The molecule has 2 aromatic carbocycles. The molecule has 1 saturated heterocycles. The molecule has 0 aromatic heterocycles. The number of alkyl halides is 3. The summed E-state index contributed by atoms with van der Waals surface area (Å²) in [4.78, 5) is 25.7. The molecule has 3 rings (SSSR count). The van der Waals surface area contributed by atoms with Crippen molar-refractivity contribution in [3.8, 4) is 0 Å². The highest BCUT2D eigenvalue weighted by Gasteiger charge is 2.62. The predicted molar refractivity (Wildman–Crippen MR) is 138 cm³/mol. The number of rotatable bonds is 9.